The average Bonchev–Trinajstić information content (AvgIpc) is 2.14. The molecule has 0 amide bonds. The van der Waals surface area contributed by atoms with Crippen LogP contribution in [-0.4, -0.2) is 13.1 Å². The summed E-state index contributed by atoms with van der Waals surface area (Å²) in [6, 6.07) is 3.33. The highest BCUT2D eigenvalue weighted by Gasteiger charge is 1.95. The molecule has 0 aromatic heterocycles. The van der Waals surface area contributed by atoms with Gasteiger partial charge in [-0.2, -0.15) is 10.5 Å². The van der Waals surface area contributed by atoms with E-state index in [0.717, 1.165) is 12.2 Å². The van der Waals surface area contributed by atoms with Crippen LogP contribution in [0.2, 0.25) is 0 Å². The van der Waals surface area contributed by atoms with Crippen molar-refractivity contribution < 1.29 is 9.53 Å². The Balaban J connectivity index is 0. The molecule has 4 heteroatoms. The fourth-order valence-electron chi connectivity index (χ4n) is 0.249. The van der Waals surface area contributed by atoms with E-state index in [4.69, 9.17) is 10.5 Å². The van der Waals surface area contributed by atoms with Gasteiger partial charge in [-0.1, -0.05) is 6.58 Å². The monoisotopic (exact) mass is 178 g/mol. The molecular weight excluding hydrogens is 168 g/mol. The molecule has 0 spiro atoms. The molecule has 13 heavy (non-hydrogen) atoms. The van der Waals surface area contributed by atoms with E-state index >= 15 is 0 Å². The molecule has 0 heterocycles. The molecule has 0 rings (SSSR count). The van der Waals surface area contributed by atoms with Crippen molar-refractivity contribution >= 4 is 5.97 Å². The Morgan fingerprint density at radius 1 is 1.38 bits per heavy atom. The van der Waals surface area contributed by atoms with Crippen molar-refractivity contribution in [3.05, 3.63) is 24.3 Å². The van der Waals surface area contributed by atoms with Gasteiger partial charge in [0.1, 0.15) is 0 Å². The highest BCUT2D eigenvalue weighted by molar-refractivity contribution is 5.86. The van der Waals surface area contributed by atoms with Crippen LogP contribution in [0, 0.1) is 22.7 Å². The lowest BCUT2D eigenvalue weighted by atomic mass is 10.4. The van der Waals surface area contributed by atoms with E-state index in [2.05, 4.69) is 11.3 Å². The van der Waals surface area contributed by atoms with Crippen LogP contribution in [0.15, 0.2) is 24.3 Å². The summed E-state index contributed by atoms with van der Waals surface area (Å²) >= 11 is 0. The van der Waals surface area contributed by atoms with Crippen molar-refractivity contribution in [2.24, 2.45) is 0 Å². The van der Waals surface area contributed by atoms with Crippen LogP contribution in [0.3, 0.4) is 0 Å². The molecule has 0 aromatic carbocycles. The number of hydrogen-bond donors (Lipinski definition) is 0. The van der Waals surface area contributed by atoms with Gasteiger partial charge in [0.15, 0.2) is 0 Å². The maximum absolute atomic E-state index is 10.2. The topological polar surface area (TPSA) is 73.9 Å². The van der Waals surface area contributed by atoms with Gasteiger partial charge in [-0.3, -0.25) is 0 Å². The molecule has 0 N–H and O–H groups in total. The number of nitriles is 2. The smallest absolute Gasteiger partial charge is 0.332 e. The van der Waals surface area contributed by atoms with E-state index in [1.807, 2.05) is 0 Å². The van der Waals surface area contributed by atoms with E-state index in [9.17, 15) is 4.79 Å². The molecule has 0 saturated heterocycles. The average molecular weight is 178 g/mol. The summed E-state index contributed by atoms with van der Waals surface area (Å²) < 4.78 is 4.27. The minimum absolute atomic E-state index is 0.347. The third kappa shape index (κ3) is 13.0. The van der Waals surface area contributed by atoms with Crippen molar-refractivity contribution in [2.75, 3.05) is 7.11 Å². The fourth-order valence-corrected chi connectivity index (χ4v) is 0.249. The summed E-state index contributed by atoms with van der Waals surface area (Å²) in [6.07, 6.45) is 2.25. The van der Waals surface area contributed by atoms with E-state index in [0.29, 0.717) is 5.57 Å². The molecule has 0 fully saturated rings. The van der Waals surface area contributed by atoms with Crippen molar-refractivity contribution in [3.8, 4) is 12.1 Å². The first-order valence-electron chi connectivity index (χ1n) is 3.28. The second-order valence-electron chi connectivity index (χ2n) is 1.86. The van der Waals surface area contributed by atoms with E-state index in [1.165, 1.54) is 7.11 Å². The highest BCUT2D eigenvalue weighted by atomic mass is 16.5. The van der Waals surface area contributed by atoms with Crippen molar-refractivity contribution in [2.45, 2.75) is 6.92 Å². The second kappa shape index (κ2) is 9.93. The number of allylic oxidation sites excluding steroid dienone is 2. The maximum atomic E-state index is 10.2. The van der Waals surface area contributed by atoms with Gasteiger partial charge in [-0.25, -0.2) is 4.79 Å². The lowest BCUT2D eigenvalue weighted by Gasteiger charge is -1.91. The molecule has 0 atom stereocenters. The Morgan fingerprint density at radius 3 is 1.85 bits per heavy atom. The zero-order valence-electron chi connectivity index (χ0n) is 7.57. The molecule has 0 radical (unpaired) electrons. The summed E-state index contributed by atoms with van der Waals surface area (Å²) in [5.74, 6) is -0.347. The Labute approximate surface area is 77.3 Å². The number of hydrogen-bond acceptors (Lipinski definition) is 4. The molecule has 0 saturated carbocycles. The second-order valence-corrected chi connectivity index (χ2v) is 1.86. The largest absolute Gasteiger partial charge is 0.466 e. The lowest BCUT2D eigenvalue weighted by Crippen LogP contribution is -1.98. The number of methoxy groups -OCH3 is 1. The van der Waals surface area contributed by atoms with Crippen LogP contribution >= 0.6 is 0 Å². The maximum Gasteiger partial charge on any atom is 0.332 e. The first kappa shape index (κ1) is 13.5. The first-order valence-corrected chi connectivity index (χ1v) is 3.28. The summed E-state index contributed by atoms with van der Waals surface area (Å²) in [5.41, 5.74) is 0.433. The quantitative estimate of drug-likeness (QED) is 0.345. The summed E-state index contributed by atoms with van der Waals surface area (Å²) in [5, 5.41) is 15.4. The van der Waals surface area contributed by atoms with Gasteiger partial charge >= 0.3 is 5.97 Å². The molecular formula is C9H10N2O2. The van der Waals surface area contributed by atoms with Gasteiger partial charge in [0.05, 0.1) is 19.2 Å². The summed E-state index contributed by atoms with van der Waals surface area (Å²) in [7, 11) is 1.33. The van der Waals surface area contributed by atoms with Crippen LogP contribution < -0.4 is 0 Å². The van der Waals surface area contributed by atoms with Crippen molar-refractivity contribution in [1.82, 2.24) is 0 Å². The Hall–Kier alpha value is -2.07. The predicted octanol–water partition coefficient (Wildman–Crippen LogP) is 1.33. The molecule has 68 valence electrons. The van der Waals surface area contributed by atoms with Gasteiger partial charge in [0, 0.05) is 17.7 Å². The van der Waals surface area contributed by atoms with Crippen LogP contribution in [0.5, 0.6) is 0 Å². The number of esters is 1. The predicted molar refractivity (Wildman–Crippen MR) is 47.2 cm³/mol. The van der Waals surface area contributed by atoms with Gasteiger partial charge in [-0.05, 0) is 6.92 Å². The molecule has 0 aliphatic heterocycles. The zero-order chi connectivity index (χ0) is 10.7. The summed E-state index contributed by atoms with van der Waals surface area (Å²) in [4.78, 5) is 10.2. The van der Waals surface area contributed by atoms with Gasteiger partial charge in [0.25, 0.3) is 0 Å². The van der Waals surface area contributed by atoms with Gasteiger partial charge in [0.2, 0.25) is 0 Å². The zero-order valence-corrected chi connectivity index (χ0v) is 7.57. The van der Waals surface area contributed by atoms with Crippen LogP contribution in [0.25, 0.3) is 0 Å². The van der Waals surface area contributed by atoms with Crippen molar-refractivity contribution in [3.63, 3.8) is 0 Å². The Kier molecular flexibility index (Phi) is 10.3. The lowest BCUT2D eigenvalue weighted by molar-refractivity contribution is -0.136. The van der Waals surface area contributed by atoms with Crippen LogP contribution in [0.1, 0.15) is 6.92 Å². The molecule has 0 aliphatic rings. The minimum Gasteiger partial charge on any atom is -0.466 e. The molecule has 0 aliphatic carbocycles. The highest BCUT2D eigenvalue weighted by Crippen LogP contribution is 1.87. The number of nitrogens with zero attached hydrogens (tertiary/aromatic N) is 2. The number of carbonyl (C=O) groups is 1. The Bertz CT molecular complexity index is 263. The third-order valence-corrected chi connectivity index (χ3v) is 0.766. The van der Waals surface area contributed by atoms with Crippen molar-refractivity contribution in [1.29, 1.82) is 10.5 Å². The van der Waals surface area contributed by atoms with E-state index < -0.39 is 0 Å². The first-order chi connectivity index (χ1) is 6.09. The van der Waals surface area contributed by atoms with E-state index in [1.54, 1.807) is 19.1 Å². The van der Waals surface area contributed by atoms with Crippen LogP contribution in [0.4, 0.5) is 0 Å². The summed E-state index contributed by atoms with van der Waals surface area (Å²) in [6.45, 7) is 4.95. The Morgan fingerprint density at radius 2 is 1.77 bits per heavy atom. The van der Waals surface area contributed by atoms with Gasteiger partial charge in [-0.15, -0.1) is 0 Å². The third-order valence-electron chi connectivity index (χ3n) is 0.766. The fraction of sp³-hybridized carbons (Fsp3) is 0.222. The number of rotatable bonds is 1. The molecule has 0 bridgehead atoms. The van der Waals surface area contributed by atoms with Crippen LogP contribution in [-0.2, 0) is 9.53 Å². The van der Waals surface area contributed by atoms with E-state index in [-0.39, 0.29) is 5.97 Å². The normalized spacial score (nSPS) is 7.38. The standard InChI is InChI=1S/C5H8O2.C4H2N2/c1-4(2)5(6)7-3;5-3-1-2-4-6/h1H2,2-3H3;1-2H/b;2-1+. The molecule has 0 aromatic rings. The molecule has 0 unspecified atom stereocenters. The number of carbonyl (C=O) groups excluding carboxylic acids is 1. The SMILES string of the molecule is C=C(C)C(=O)OC.N#C/C=C/C#N. The minimum atomic E-state index is -0.347. The number of ether oxygens (including phenoxy) is 1. The van der Waals surface area contributed by atoms with Gasteiger partial charge < -0.3 is 4.74 Å². The molecule has 4 nitrogen and oxygen atoms in total.